The highest BCUT2D eigenvalue weighted by Gasteiger charge is 2.18. The molecule has 2 aromatic rings. The van der Waals surface area contributed by atoms with Crippen LogP contribution in [0.15, 0.2) is 54.7 Å². The average Bonchev–Trinajstić information content (AvgIpc) is 2.63. The lowest BCUT2D eigenvalue weighted by Gasteiger charge is -2.24. The highest BCUT2D eigenvalue weighted by atomic mass is 35.5. The van der Waals surface area contributed by atoms with Crippen molar-refractivity contribution in [3.05, 3.63) is 65.3 Å². The summed E-state index contributed by atoms with van der Waals surface area (Å²) in [5, 5.41) is 0.713. The molecule has 3 nitrogen and oxygen atoms in total. The summed E-state index contributed by atoms with van der Waals surface area (Å²) in [6.07, 6.45) is 5.38. The molecule has 1 fully saturated rings. The average molecular weight is 340 g/mol. The zero-order valence-electron chi connectivity index (χ0n) is 13.4. The number of allylic oxidation sites excluding steroid dienone is 1. The van der Waals surface area contributed by atoms with Gasteiger partial charge in [0.1, 0.15) is 0 Å². The van der Waals surface area contributed by atoms with Gasteiger partial charge in [0.05, 0.1) is 18.9 Å². The summed E-state index contributed by atoms with van der Waals surface area (Å²) in [5.74, 6) is 6.35. The number of ether oxygens (including phenoxy) is 2. The largest absolute Gasteiger partial charge is 0.341 e. The van der Waals surface area contributed by atoms with Crippen LogP contribution < -0.4 is 0 Å². The van der Waals surface area contributed by atoms with Gasteiger partial charge in [-0.2, -0.15) is 0 Å². The molecule has 4 heteroatoms. The molecule has 0 N–H and O–H groups in total. The summed E-state index contributed by atoms with van der Waals surface area (Å²) in [4.78, 5) is 4.44. The highest BCUT2D eigenvalue weighted by Crippen LogP contribution is 2.19. The predicted molar refractivity (Wildman–Crippen MR) is 95.6 cm³/mol. The van der Waals surface area contributed by atoms with Crippen molar-refractivity contribution in [2.45, 2.75) is 13.2 Å². The number of halogens is 1. The predicted octanol–water partition coefficient (Wildman–Crippen LogP) is 4.32. The van der Waals surface area contributed by atoms with E-state index in [0.29, 0.717) is 24.2 Å². The van der Waals surface area contributed by atoms with Crippen LogP contribution in [0.25, 0.3) is 11.3 Å². The number of hydrogen-bond donors (Lipinski definition) is 0. The van der Waals surface area contributed by atoms with Crippen LogP contribution in [-0.4, -0.2) is 24.5 Å². The Balaban J connectivity index is 1.62. The first-order chi connectivity index (χ1) is 11.7. The molecule has 24 heavy (non-hydrogen) atoms. The molecule has 0 aliphatic carbocycles. The zero-order valence-corrected chi connectivity index (χ0v) is 14.2. The molecular formula is C20H18ClNO2. The smallest absolute Gasteiger partial charge is 0.222 e. The van der Waals surface area contributed by atoms with Crippen LogP contribution >= 0.6 is 11.6 Å². The maximum atomic E-state index is 5.90. The minimum absolute atomic E-state index is 0.313. The topological polar surface area (TPSA) is 31.4 Å². The number of aromatic nitrogens is 1. The van der Waals surface area contributed by atoms with Gasteiger partial charge in [-0.25, -0.2) is 0 Å². The quantitative estimate of drug-likeness (QED) is 0.603. The van der Waals surface area contributed by atoms with Gasteiger partial charge >= 0.3 is 0 Å². The molecule has 1 aliphatic rings. The molecular weight excluding hydrogens is 322 g/mol. The fourth-order valence-electron chi connectivity index (χ4n) is 2.39. The van der Waals surface area contributed by atoms with Gasteiger partial charge in [0.15, 0.2) is 0 Å². The van der Waals surface area contributed by atoms with Crippen LogP contribution in [0.5, 0.6) is 0 Å². The van der Waals surface area contributed by atoms with Crippen LogP contribution in [-0.2, 0) is 9.47 Å². The normalized spacial score (nSPS) is 20.6. The zero-order chi connectivity index (χ0) is 16.8. The number of hydrogen-bond acceptors (Lipinski definition) is 3. The molecule has 0 unspecified atom stereocenters. The van der Waals surface area contributed by atoms with Crippen LogP contribution in [0.4, 0.5) is 0 Å². The molecule has 1 aromatic heterocycles. The lowest BCUT2D eigenvalue weighted by molar-refractivity contribution is -0.160. The summed E-state index contributed by atoms with van der Waals surface area (Å²) in [6, 6.07) is 11.5. The number of benzene rings is 1. The van der Waals surface area contributed by atoms with Crippen LogP contribution in [0.2, 0.25) is 5.02 Å². The standard InChI is InChI=1S/C20H18ClNO2/c1-2-3-16-13-23-20(24-14-16)11-5-15-4-10-19(22-12-15)17-6-8-18(21)9-7-17/h2-4,6-10,12,16,20H,13-14H2,1H3/t16-,20-. The van der Waals surface area contributed by atoms with Crippen molar-refractivity contribution in [2.75, 3.05) is 13.2 Å². The monoisotopic (exact) mass is 339 g/mol. The molecule has 0 amide bonds. The van der Waals surface area contributed by atoms with Gasteiger partial charge in [-0.3, -0.25) is 4.98 Å². The van der Waals surface area contributed by atoms with Gasteiger partial charge in [0.2, 0.25) is 6.29 Å². The Morgan fingerprint density at radius 1 is 1.12 bits per heavy atom. The Bertz CT molecular complexity index is 749. The molecule has 0 saturated carbocycles. The summed E-state index contributed by atoms with van der Waals surface area (Å²) in [7, 11) is 0. The van der Waals surface area contributed by atoms with Gasteiger partial charge in [-0.05, 0) is 37.1 Å². The minimum Gasteiger partial charge on any atom is -0.341 e. The molecule has 2 heterocycles. The molecule has 1 aromatic carbocycles. The molecule has 122 valence electrons. The SMILES string of the molecule is CC=C[C@H]1CO[C@H](C#Cc2ccc(-c3ccc(Cl)cc3)nc2)OC1. The van der Waals surface area contributed by atoms with Crippen molar-refractivity contribution in [3.63, 3.8) is 0 Å². The van der Waals surface area contributed by atoms with Gasteiger partial charge in [0, 0.05) is 28.3 Å². The molecule has 1 saturated heterocycles. The van der Waals surface area contributed by atoms with Crippen molar-refractivity contribution >= 4 is 11.6 Å². The fourth-order valence-corrected chi connectivity index (χ4v) is 2.51. The second-order valence-electron chi connectivity index (χ2n) is 5.49. The van der Waals surface area contributed by atoms with Gasteiger partial charge in [-0.15, -0.1) is 0 Å². The van der Waals surface area contributed by atoms with E-state index in [0.717, 1.165) is 16.8 Å². The van der Waals surface area contributed by atoms with Gasteiger partial charge in [0.25, 0.3) is 0 Å². The Hall–Kier alpha value is -2.12. The maximum Gasteiger partial charge on any atom is 0.222 e. The third-order valence-corrected chi connectivity index (χ3v) is 3.88. The Kier molecular flexibility index (Phi) is 5.66. The van der Waals surface area contributed by atoms with E-state index < -0.39 is 6.29 Å². The van der Waals surface area contributed by atoms with E-state index in [9.17, 15) is 0 Å². The Labute approximate surface area is 147 Å². The molecule has 0 spiro atoms. The molecule has 1 aliphatic heterocycles. The van der Waals surface area contributed by atoms with Crippen LogP contribution in [0.3, 0.4) is 0 Å². The highest BCUT2D eigenvalue weighted by molar-refractivity contribution is 6.30. The van der Waals surface area contributed by atoms with E-state index in [1.54, 1.807) is 6.20 Å². The second-order valence-corrected chi connectivity index (χ2v) is 5.93. The van der Waals surface area contributed by atoms with Crippen molar-refractivity contribution < 1.29 is 9.47 Å². The van der Waals surface area contributed by atoms with Crippen molar-refractivity contribution in [3.8, 4) is 23.1 Å². The second kappa shape index (κ2) is 8.12. The summed E-state index contributed by atoms with van der Waals surface area (Å²) < 4.78 is 11.2. The van der Waals surface area contributed by atoms with E-state index >= 15 is 0 Å². The third kappa shape index (κ3) is 4.46. The van der Waals surface area contributed by atoms with Gasteiger partial charge in [-0.1, -0.05) is 41.8 Å². The van der Waals surface area contributed by atoms with Gasteiger partial charge < -0.3 is 9.47 Å². The van der Waals surface area contributed by atoms with Crippen LogP contribution in [0.1, 0.15) is 12.5 Å². The maximum absolute atomic E-state index is 5.90. The minimum atomic E-state index is -0.470. The molecule has 3 rings (SSSR count). The Morgan fingerprint density at radius 2 is 1.88 bits per heavy atom. The number of rotatable bonds is 2. The first-order valence-electron chi connectivity index (χ1n) is 7.84. The summed E-state index contributed by atoms with van der Waals surface area (Å²) in [5.41, 5.74) is 2.74. The van der Waals surface area contributed by atoms with Crippen molar-refractivity contribution in [1.29, 1.82) is 0 Å². The Morgan fingerprint density at radius 3 is 2.50 bits per heavy atom. The van der Waals surface area contributed by atoms with Crippen molar-refractivity contribution in [1.82, 2.24) is 4.98 Å². The van der Waals surface area contributed by atoms with E-state index in [1.165, 1.54) is 0 Å². The van der Waals surface area contributed by atoms with E-state index in [-0.39, 0.29) is 0 Å². The van der Waals surface area contributed by atoms with Crippen LogP contribution in [0, 0.1) is 17.8 Å². The number of nitrogens with zero attached hydrogens (tertiary/aromatic N) is 1. The number of pyridine rings is 1. The van der Waals surface area contributed by atoms with E-state index in [1.807, 2.05) is 49.4 Å². The first-order valence-corrected chi connectivity index (χ1v) is 8.22. The molecule has 0 atom stereocenters. The summed E-state index contributed by atoms with van der Waals surface area (Å²) in [6.45, 7) is 3.27. The molecule has 0 bridgehead atoms. The fraction of sp³-hybridized carbons (Fsp3) is 0.250. The van der Waals surface area contributed by atoms with Crippen molar-refractivity contribution in [2.24, 2.45) is 5.92 Å². The van der Waals surface area contributed by atoms with E-state index in [4.69, 9.17) is 21.1 Å². The summed E-state index contributed by atoms with van der Waals surface area (Å²) >= 11 is 5.90. The molecule has 0 radical (unpaired) electrons. The first kappa shape index (κ1) is 16.7. The third-order valence-electron chi connectivity index (χ3n) is 3.63. The lowest BCUT2D eigenvalue weighted by Crippen LogP contribution is -2.30. The van der Waals surface area contributed by atoms with E-state index in [2.05, 4.69) is 22.9 Å². The lowest BCUT2D eigenvalue weighted by atomic mass is 10.1.